The number of rotatable bonds is 2. The molecule has 0 aromatic heterocycles. The predicted molar refractivity (Wildman–Crippen MR) is 270 cm³/mol. The van der Waals surface area contributed by atoms with Crippen molar-refractivity contribution in [3.8, 4) is 0 Å². The normalized spacial score (nSPS) is 22.3. The van der Waals surface area contributed by atoms with Gasteiger partial charge < -0.3 is 9.80 Å². The van der Waals surface area contributed by atoms with E-state index in [9.17, 15) is 0 Å². The quantitative estimate of drug-likeness (QED) is 0.160. The van der Waals surface area contributed by atoms with Crippen LogP contribution < -0.4 is 26.2 Å². The predicted octanol–water partition coefficient (Wildman–Crippen LogP) is 14.3. The molecule has 0 N–H and O–H groups in total. The Balaban J connectivity index is 1.36. The average molecular weight is 824 g/mol. The third-order valence-electron chi connectivity index (χ3n) is 16.9. The Kier molecular flexibility index (Phi) is 7.85. The molecule has 2 aliphatic heterocycles. The highest BCUT2D eigenvalue weighted by atomic mass is 15.2. The summed E-state index contributed by atoms with van der Waals surface area (Å²) >= 11 is 0. The van der Waals surface area contributed by atoms with Crippen molar-refractivity contribution in [3.05, 3.63) is 123 Å². The van der Waals surface area contributed by atoms with Crippen molar-refractivity contribution in [2.24, 2.45) is 0 Å². The van der Waals surface area contributed by atoms with Crippen molar-refractivity contribution in [1.29, 1.82) is 0 Å². The molecular formula is C59H73BN2. The van der Waals surface area contributed by atoms with Gasteiger partial charge in [0.15, 0.2) is 0 Å². The van der Waals surface area contributed by atoms with Crippen LogP contribution in [-0.2, 0) is 37.9 Å². The van der Waals surface area contributed by atoms with Gasteiger partial charge in [-0.3, -0.25) is 0 Å². The largest absolute Gasteiger partial charge is 0.311 e. The van der Waals surface area contributed by atoms with Gasteiger partial charge in [-0.25, -0.2) is 0 Å². The standard InChI is InChI=1S/C59H73BN2/c1-35-26-50-52-51(27-35)62(48-32-43-40(28-36(48)2)55(8,9)24-25-57(43,12)13)49-33-44-42(58(14,15)34-59(44,16)17)31-46(49)60(52)45-29-37(53(3,4)5)18-21-47(45)61(50)38-19-20-39-41(30-38)56(10,11)23-22-54(39,6)7/h18-21,26-33H,22-25,34H2,1-17H3/i1D3. The van der Waals surface area contributed by atoms with E-state index in [0.717, 1.165) is 60.5 Å². The first-order valence-electron chi connectivity index (χ1n) is 25.3. The Bertz CT molecular complexity index is 2860. The lowest BCUT2D eigenvalue weighted by Gasteiger charge is -2.47. The summed E-state index contributed by atoms with van der Waals surface area (Å²) in [6.07, 6.45) is 5.59. The second-order valence-corrected chi connectivity index (χ2v) is 25.4. The molecule has 62 heavy (non-hydrogen) atoms. The van der Waals surface area contributed by atoms with E-state index in [1.54, 1.807) is 0 Å². The van der Waals surface area contributed by atoms with Crippen LogP contribution in [0.15, 0.2) is 72.8 Å². The van der Waals surface area contributed by atoms with E-state index in [4.69, 9.17) is 4.11 Å². The molecular weight excluding hydrogens is 747 g/mol. The van der Waals surface area contributed by atoms with Gasteiger partial charge >= 0.3 is 0 Å². The van der Waals surface area contributed by atoms with Gasteiger partial charge in [0.05, 0.1) is 0 Å². The molecule has 0 radical (unpaired) electrons. The maximum absolute atomic E-state index is 9.13. The molecule has 5 aromatic carbocycles. The van der Waals surface area contributed by atoms with E-state index in [0.29, 0.717) is 5.56 Å². The van der Waals surface area contributed by atoms with Gasteiger partial charge in [-0.05, 0) is 193 Å². The number of nitrogens with zero attached hydrogens (tertiary/aromatic N) is 2. The van der Waals surface area contributed by atoms with E-state index in [2.05, 4.69) is 181 Å². The van der Waals surface area contributed by atoms with Crippen LogP contribution in [-0.4, -0.2) is 6.71 Å². The van der Waals surface area contributed by atoms with Crippen LogP contribution in [0.1, 0.15) is 190 Å². The van der Waals surface area contributed by atoms with Crippen LogP contribution in [0, 0.1) is 13.8 Å². The van der Waals surface area contributed by atoms with Crippen LogP contribution >= 0.6 is 0 Å². The second-order valence-electron chi connectivity index (χ2n) is 25.4. The minimum absolute atomic E-state index is 0.00108. The van der Waals surface area contributed by atoms with Crippen LogP contribution in [0.3, 0.4) is 0 Å². The highest BCUT2D eigenvalue weighted by molar-refractivity contribution is 7.00. The van der Waals surface area contributed by atoms with Crippen molar-refractivity contribution < 1.29 is 4.11 Å². The fraction of sp³-hybridized carbons (Fsp3) is 0.492. The van der Waals surface area contributed by atoms with E-state index in [1.807, 2.05) is 12.1 Å². The molecule has 10 rings (SSSR count). The maximum atomic E-state index is 9.13. The van der Waals surface area contributed by atoms with Crippen molar-refractivity contribution in [1.82, 2.24) is 0 Å². The molecule has 0 atom stereocenters. The average Bonchev–Trinajstić information content (AvgIpc) is 3.38. The summed E-state index contributed by atoms with van der Waals surface area (Å²) in [5.74, 6) is 0. The van der Waals surface area contributed by atoms with E-state index in [-0.39, 0.29) is 44.6 Å². The summed E-state index contributed by atoms with van der Waals surface area (Å²) in [5.41, 5.74) is 21.7. The maximum Gasteiger partial charge on any atom is 0.252 e. The van der Waals surface area contributed by atoms with Gasteiger partial charge in [-0.1, -0.05) is 134 Å². The van der Waals surface area contributed by atoms with Crippen LogP contribution in [0.2, 0.25) is 0 Å². The summed E-state index contributed by atoms with van der Waals surface area (Å²) in [6, 6.07) is 28.5. The zero-order chi connectivity index (χ0) is 47.1. The van der Waals surface area contributed by atoms with Gasteiger partial charge in [0.1, 0.15) is 0 Å². The molecule has 0 fully saturated rings. The zero-order valence-corrected chi connectivity index (χ0v) is 40.9. The minimum Gasteiger partial charge on any atom is -0.311 e. The zero-order valence-electron chi connectivity index (χ0n) is 43.9. The minimum atomic E-state index is -2.34. The van der Waals surface area contributed by atoms with E-state index in [1.165, 1.54) is 66.6 Å². The van der Waals surface area contributed by atoms with E-state index < -0.39 is 6.85 Å². The molecule has 5 aliphatic rings. The summed E-state index contributed by atoms with van der Waals surface area (Å²) in [6.45, 7) is 35.7. The Morgan fingerprint density at radius 2 is 0.984 bits per heavy atom. The second kappa shape index (κ2) is 12.7. The molecule has 0 saturated carbocycles. The number of fused-ring (bicyclic) bond motifs is 7. The van der Waals surface area contributed by atoms with Gasteiger partial charge in [-0.15, -0.1) is 0 Å². The third kappa shape index (κ3) is 5.94. The number of anilines is 6. The molecule has 0 saturated heterocycles. The van der Waals surface area contributed by atoms with Crippen molar-refractivity contribution >= 4 is 57.2 Å². The molecule has 0 unspecified atom stereocenters. The highest BCUT2D eigenvalue weighted by Gasteiger charge is 2.49. The van der Waals surface area contributed by atoms with Crippen LogP contribution in [0.4, 0.5) is 34.1 Å². The Hall–Kier alpha value is -4.24. The smallest absolute Gasteiger partial charge is 0.252 e. The fourth-order valence-electron chi connectivity index (χ4n) is 13.1. The molecule has 322 valence electrons. The SMILES string of the molecule is [2H]C([2H])([2H])c1cc2c3c(c1)N(c1cc4c(cc1C)C(C)(C)CCC4(C)C)c1cc4c(cc1B3c1cc(C(C)(C)C)ccc1N2c1ccc2c(c1)C(C)(C)CCC2(C)C)C(C)(C)CC4(C)C. The summed E-state index contributed by atoms with van der Waals surface area (Å²) in [4.78, 5) is 4.96. The van der Waals surface area contributed by atoms with Gasteiger partial charge in [0, 0.05) is 38.2 Å². The number of hydrogen-bond acceptors (Lipinski definition) is 2. The Morgan fingerprint density at radius 1 is 0.484 bits per heavy atom. The summed E-state index contributed by atoms with van der Waals surface area (Å²) in [5, 5.41) is 0. The summed E-state index contributed by atoms with van der Waals surface area (Å²) < 4.78 is 27.4. The number of aryl methyl sites for hydroxylation is 2. The Morgan fingerprint density at radius 3 is 1.58 bits per heavy atom. The molecule has 0 bridgehead atoms. The van der Waals surface area contributed by atoms with Crippen molar-refractivity contribution in [2.45, 2.75) is 188 Å². The number of hydrogen-bond donors (Lipinski definition) is 0. The number of benzene rings is 5. The first kappa shape index (κ1) is 38.2. The molecule has 5 aromatic rings. The lowest BCUT2D eigenvalue weighted by atomic mass is 9.33. The molecule has 2 nitrogen and oxygen atoms in total. The van der Waals surface area contributed by atoms with Gasteiger partial charge in [0.2, 0.25) is 0 Å². The molecule has 0 spiro atoms. The lowest BCUT2D eigenvalue weighted by molar-refractivity contribution is 0.332. The lowest BCUT2D eigenvalue weighted by Crippen LogP contribution is -2.62. The third-order valence-corrected chi connectivity index (χ3v) is 16.9. The molecule has 3 aliphatic carbocycles. The first-order chi connectivity index (χ1) is 29.8. The van der Waals surface area contributed by atoms with Crippen molar-refractivity contribution in [3.63, 3.8) is 0 Å². The molecule has 2 heterocycles. The topological polar surface area (TPSA) is 6.48 Å². The molecule has 0 amide bonds. The molecule has 3 heteroatoms. The first-order valence-corrected chi connectivity index (χ1v) is 23.8. The van der Waals surface area contributed by atoms with Crippen molar-refractivity contribution in [2.75, 3.05) is 9.80 Å². The van der Waals surface area contributed by atoms with Gasteiger partial charge in [-0.2, -0.15) is 0 Å². The van der Waals surface area contributed by atoms with Crippen LogP contribution in [0.25, 0.3) is 0 Å². The van der Waals surface area contributed by atoms with Gasteiger partial charge in [0.25, 0.3) is 6.71 Å². The highest BCUT2D eigenvalue weighted by Crippen LogP contribution is 2.55. The Labute approximate surface area is 380 Å². The van der Waals surface area contributed by atoms with Crippen LogP contribution in [0.5, 0.6) is 0 Å². The monoisotopic (exact) mass is 824 g/mol. The fourth-order valence-corrected chi connectivity index (χ4v) is 13.1. The van der Waals surface area contributed by atoms with E-state index >= 15 is 0 Å². The summed E-state index contributed by atoms with van der Waals surface area (Å²) in [7, 11) is 0.